The molecular formula is C20H34O. The Kier molecular flexibility index (Phi) is 7.57. The average Bonchev–Trinajstić information content (AvgIpc) is 3.12. The van der Waals surface area contributed by atoms with Crippen molar-refractivity contribution in [1.82, 2.24) is 0 Å². The van der Waals surface area contributed by atoms with Gasteiger partial charge in [0.05, 0.1) is 0 Å². The number of rotatable bonds is 12. The third-order valence-corrected chi connectivity index (χ3v) is 5.17. The van der Waals surface area contributed by atoms with Crippen LogP contribution < -0.4 is 0 Å². The summed E-state index contributed by atoms with van der Waals surface area (Å²) in [7, 11) is 0. The molecule has 3 atom stereocenters. The van der Waals surface area contributed by atoms with E-state index in [4.69, 9.17) is 4.74 Å². The van der Waals surface area contributed by atoms with Gasteiger partial charge in [0.2, 0.25) is 0 Å². The van der Waals surface area contributed by atoms with Crippen molar-refractivity contribution < 1.29 is 4.74 Å². The van der Waals surface area contributed by atoms with E-state index in [1.807, 2.05) is 0 Å². The van der Waals surface area contributed by atoms with Crippen LogP contribution >= 0.6 is 0 Å². The van der Waals surface area contributed by atoms with Gasteiger partial charge in [-0.3, -0.25) is 0 Å². The predicted octanol–water partition coefficient (Wildman–Crippen LogP) is 5.91. The lowest BCUT2D eigenvalue weighted by molar-refractivity contribution is 0.0909. The fourth-order valence-electron chi connectivity index (χ4n) is 3.65. The van der Waals surface area contributed by atoms with E-state index in [-0.39, 0.29) is 0 Å². The van der Waals surface area contributed by atoms with Crippen LogP contribution in [0.5, 0.6) is 0 Å². The van der Waals surface area contributed by atoms with Gasteiger partial charge in [-0.15, -0.1) is 0 Å². The average molecular weight is 290 g/mol. The molecular weight excluding hydrogens is 256 g/mol. The zero-order valence-corrected chi connectivity index (χ0v) is 14.2. The Balaban J connectivity index is 1.42. The molecule has 0 heterocycles. The van der Waals surface area contributed by atoms with Gasteiger partial charge in [-0.2, -0.15) is 0 Å². The highest BCUT2D eigenvalue weighted by atomic mass is 16.5. The standard InChI is InChI=1S/C20H34O/c1-3-5-9-17(4-2)16-21-13-8-6-7-10-19-14-18-11-12-20(19)15-18/h11-12,14,17-18,20H,3-10,13,15-16H2,1-2H3. The maximum Gasteiger partial charge on any atom is 0.0494 e. The Morgan fingerprint density at radius 2 is 2.05 bits per heavy atom. The minimum Gasteiger partial charge on any atom is -0.381 e. The minimum absolute atomic E-state index is 0.780. The Labute approximate surface area is 131 Å². The molecule has 3 unspecified atom stereocenters. The van der Waals surface area contributed by atoms with Gasteiger partial charge < -0.3 is 4.74 Å². The van der Waals surface area contributed by atoms with Crippen LogP contribution in [-0.2, 0) is 4.74 Å². The smallest absolute Gasteiger partial charge is 0.0494 e. The largest absolute Gasteiger partial charge is 0.381 e. The summed E-state index contributed by atoms with van der Waals surface area (Å²) in [6, 6.07) is 0. The van der Waals surface area contributed by atoms with Gasteiger partial charge in [0.15, 0.2) is 0 Å². The van der Waals surface area contributed by atoms with Crippen LogP contribution in [0.3, 0.4) is 0 Å². The summed E-state index contributed by atoms with van der Waals surface area (Å²) in [6.07, 6.45) is 19.2. The summed E-state index contributed by atoms with van der Waals surface area (Å²) >= 11 is 0. The van der Waals surface area contributed by atoms with Crippen molar-refractivity contribution in [2.24, 2.45) is 17.8 Å². The number of hydrogen-bond acceptors (Lipinski definition) is 1. The first kappa shape index (κ1) is 16.8. The molecule has 2 rings (SSSR count). The van der Waals surface area contributed by atoms with E-state index in [1.54, 1.807) is 5.57 Å². The molecule has 1 heteroatoms. The molecule has 0 saturated heterocycles. The Morgan fingerprint density at radius 3 is 2.71 bits per heavy atom. The topological polar surface area (TPSA) is 9.23 Å². The van der Waals surface area contributed by atoms with Crippen LogP contribution in [0, 0.1) is 17.8 Å². The number of hydrogen-bond donors (Lipinski definition) is 0. The minimum atomic E-state index is 0.780. The van der Waals surface area contributed by atoms with E-state index in [0.717, 1.165) is 31.0 Å². The van der Waals surface area contributed by atoms with Crippen molar-refractivity contribution in [3.63, 3.8) is 0 Å². The van der Waals surface area contributed by atoms with E-state index in [0.29, 0.717) is 0 Å². The van der Waals surface area contributed by atoms with Crippen LogP contribution in [-0.4, -0.2) is 13.2 Å². The summed E-state index contributed by atoms with van der Waals surface area (Å²) in [5.41, 5.74) is 1.72. The van der Waals surface area contributed by atoms with Crippen molar-refractivity contribution >= 4 is 0 Å². The molecule has 0 aliphatic heterocycles. The van der Waals surface area contributed by atoms with E-state index < -0.39 is 0 Å². The third kappa shape index (κ3) is 5.62. The van der Waals surface area contributed by atoms with E-state index in [9.17, 15) is 0 Å². The molecule has 2 aliphatic carbocycles. The molecule has 0 saturated carbocycles. The molecule has 0 N–H and O–H groups in total. The lowest BCUT2D eigenvalue weighted by Gasteiger charge is -2.14. The van der Waals surface area contributed by atoms with Crippen molar-refractivity contribution in [3.8, 4) is 0 Å². The fourth-order valence-corrected chi connectivity index (χ4v) is 3.65. The molecule has 0 spiro atoms. The van der Waals surface area contributed by atoms with Crippen LogP contribution in [0.4, 0.5) is 0 Å². The van der Waals surface area contributed by atoms with Gasteiger partial charge in [0, 0.05) is 13.2 Å². The van der Waals surface area contributed by atoms with Gasteiger partial charge in [-0.05, 0) is 49.9 Å². The van der Waals surface area contributed by atoms with Gasteiger partial charge >= 0.3 is 0 Å². The normalized spacial score (nSPS) is 24.6. The van der Waals surface area contributed by atoms with Gasteiger partial charge in [0.1, 0.15) is 0 Å². The zero-order valence-electron chi connectivity index (χ0n) is 14.2. The molecule has 0 radical (unpaired) electrons. The molecule has 1 nitrogen and oxygen atoms in total. The molecule has 21 heavy (non-hydrogen) atoms. The van der Waals surface area contributed by atoms with Crippen LogP contribution in [0.25, 0.3) is 0 Å². The highest BCUT2D eigenvalue weighted by Crippen LogP contribution is 2.40. The van der Waals surface area contributed by atoms with E-state index >= 15 is 0 Å². The summed E-state index contributed by atoms with van der Waals surface area (Å²) in [5, 5.41) is 0. The lowest BCUT2D eigenvalue weighted by atomic mass is 9.97. The molecule has 0 aromatic rings. The molecule has 0 aromatic heterocycles. The highest BCUT2D eigenvalue weighted by Gasteiger charge is 2.26. The second kappa shape index (κ2) is 9.46. The summed E-state index contributed by atoms with van der Waals surface area (Å²) in [6.45, 7) is 6.51. The summed E-state index contributed by atoms with van der Waals surface area (Å²) in [4.78, 5) is 0. The van der Waals surface area contributed by atoms with Crippen molar-refractivity contribution in [3.05, 3.63) is 23.8 Å². The maximum atomic E-state index is 5.88. The number of allylic oxidation sites excluding steroid dienone is 4. The van der Waals surface area contributed by atoms with Crippen molar-refractivity contribution in [1.29, 1.82) is 0 Å². The predicted molar refractivity (Wildman–Crippen MR) is 91.4 cm³/mol. The van der Waals surface area contributed by atoms with Gasteiger partial charge in [-0.1, -0.05) is 63.3 Å². The zero-order chi connectivity index (χ0) is 14.9. The monoisotopic (exact) mass is 290 g/mol. The first-order valence-corrected chi connectivity index (χ1v) is 9.30. The van der Waals surface area contributed by atoms with Crippen molar-refractivity contribution in [2.45, 2.75) is 71.6 Å². The second-order valence-corrected chi connectivity index (χ2v) is 6.93. The Morgan fingerprint density at radius 1 is 1.14 bits per heavy atom. The fraction of sp³-hybridized carbons (Fsp3) is 0.800. The molecule has 0 amide bonds. The Bertz CT molecular complexity index is 342. The molecule has 0 fully saturated rings. The summed E-state index contributed by atoms with van der Waals surface area (Å²) < 4.78 is 5.88. The van der Waals surface area contributed by atoms with Crippen LogP contribution in [0.2, 0.25) is 0 Å². The summed E-state index contributed by atoms with van der Waals surface area (Å²) in [5.74, 6) is 2.37. The number of fused-ring (bicyclic) bond motifs is 2. The molecule has 120 valence electrons. The lowest BCUT2D eigenvalue weighted by Crippen LogP contribution is -2.09. The van der Waals surface area contributed by atoms with Crippen LogP contribution in [0.15, 0.2) is 23.8 Å². The first-order valence-electron chi connectivity index (χ1n) is 9.30. The molecule has 0 aromatic carbocycles. The number of ether oxygens (including phenoxy) is 1. The van der Waals surface area contributed by atoms with Crippen molar-refractivity contribution in [2.75, 3.05) is 13.2 Å². The first-order chi connectivity index (χ1) is 10.3. The van der Waals surface area contributed by atoms with Crippen LogP contribution in [0.1, 0.15) is 71.6 Å². The molecule has 2 aliphatic rings. The third-order valence-electron chi connectivity index (χ3n) is 5.17. The second-order valence-electron chi connectivity index (χ2n) is 6.93. The highest BCUT2D eigenvalue weighted by molar-refractivity contribution is 5.29. The van der Waals surface area contributed by atoms with E-state index in [1.165, 1.54) is 57.8 Å². The number of unbranched alkanes of at least 4 members (excludes halogenated alkanes) is 3. The van der Waals surface area contributed by atoms with Gasteiger partial charge in [-0.25, -0.2) is 0 Å². The molecule has 2 bridgehead atoms. The Hall–Kier alpha value is -0.560. The van der Waals surface area contributed by atoms with E-state index in [2.05, 4.69) is 32.1 Å². The quantitative estimate of drug-likeness (QED) is 0.320. The van der Waals surface area contributed by atoms with Gasteiger partial charge in [0.25, 0.3) is 0 Å². The maximum absolute atomic E-state index is 5.88. The SMILES string of the molecule is CCCCC(CC)COCCCCCC1=CC2C=CC1C2.